The lowest BCUT2D eigenvalue weighted by molar-refractivity contribution is 0.382. The maximum absolute atomic E-state index is 5.42. The van der Waals surface area contributed by atoms with Gasteiger partial charge in [0, 0.05) is 17.3 Å². The van der Waals surface area contributed by atoms with Crippen molar-refractivity contribution >= 4 is 0 Å². The summed E-state index contributed by atoms with van der Waals surface area (Å²) in [7, 11) is 1.69. The summed E-state index contributed by atoms with van der Waals surface area (Å²) in [4.78, 5) is 8.83. The zero-order valence-corrected chi connectivity index (χ0v) is 13.1. The number of methoxy groups -OCH3 is 1. The highest BCUT2D eigenvalue weighted by Gasteiger charge is 2.13. The monoisotopic (exact) mass is 297 g/mol. The first-order chi connectivity index (χ1) is 10.9. The summed E-state index contributed by atoms with van der Waals surface area (Å²) in [5.41, 5.74) is 3.05. The Kier molecular flexibility index (Phi) is 5.01. The van der Waals surface area contributed by atoms with Crippen molar-refractivity contribution in [3.63, 3.8) is 0 Å². The largest absolute Gasteiger partial charge is 0.496 e. The van der Waals surface area contributed by atoms with E-state index in [9.17, 15) is 0 Å². The molecule has 3 rings (SSSR count). The minimum atomic E-state index is 0.637. The van der Waals surface area contributed by atoms with Crippen molar-refractivity contribution in [3.05, 3.63) is 42.4 Å². The van der Waals surface area contributed by atoms with Gasteiger partial charge >= 0.3 is 0 Å². The first-order valence-electron chi connectivity index (χ1n) is 8.04. The molecule has 22 heavy (non-hydrogen) atoms. The average Bonchev–Trinajstić information content (AvgIpc) is 2.61. The van der Waals surface area contributed by atoms with Gasteiger partial charge < -0.3 is 10.1 Å². The fourth-order valence-corrected chi connectivity index (χ4v) is 3.03. The number of hydrogen-bond acceptors (Lipinski definition) is 4. The van der Waals surface area contributed by atoms with Crippen LogP contribution in [0.2, 0.25) is 0 Å². The van der Waals surface area contributed by atoms with Gasteiger partial charge in [-0.1, -0.05) is 18.6 Å². The Balaban J connectivity index is 1.72. The fraction of sp³-hybridized carbons (Fsp3) is 0.444. The molecular weight excluding hydrogens is 274 g/mol. The van der Waals surface area contributed by atoms with Crippen molar-refractivity contribution in [2.45, 2.75) is 38.1 Å². The summed E-state index contributed by atoms with van der Waals surface area (Å²) >= 11 is 0. The maximum atomic E-state index is 5.42. The van der Waals surface area contributed by atoms with Crippen LogP contribution in [-0.2, 0) is 6.42 Å². The zero-order valence-electron chi connectivity index (χ0n) is 13.1. The number of aryl methyl sites for hydroxylation is 1. The van der Waals surface area contributed by atoms with Crippen LogP contribution in [0.15, 0.2) is 36.7 Å². The van der Waals surface area contributed by atoms with Gasteiger partial charge in [0.15, 0.2) is 0 Å². The second kappa shape index (κ2) is 7.36. The van der Waals surface area contributed by atoms with Crippen LogP contribution in [0.3, 0.4) is 0 Å². The van der Waals surface area contributed by atoms with Gasteiger partial charge in [-0.25, -0.2) is 9.97 Å². The van der Waals surface area contributed by atoms with E-state index in [2.05, 4.69) is 21.4 Å². The predicted molar refractivity (Wildman–Crippen MR) is 88.0 cm³/mol. The normalized spacial score (nSPS) is 18.1. The number of aromatic nitrogens is 2. The van der Waals surface area contributed by atoms with E-state index in [4.69, 9.17) is 4.74 Å². The van der Waals surface area contributed by atoms with Gasteiger partial charge in [0.25, 0.3) is 0 Å². The van der Waals surface area contributed by atoms with E-state index in [0.29, 0.717) is 6.04 Å². The van der Waals surface area contributed by atoms with E-state index in [0.717, 1.165) is 42.1 Å². The second-order valence-corrected chi connectivity index (χ2v) is 5.78. The molecule has 1 aromatic carbocycles. The molecule has 1 aliphatic heterocycles. The minimum Gasteiger partial charge on any atom is -0.496 e. The average molecular weight is 297 g/mol. The third-order valence-electron chi connectivity index (χ3n) is 4.27. The van der Waals surface area contributed by atoms with Crippen molar-refractivity contribution in [1.82, 2.24) is 15.3 Å². The summed E-state index contributed by atoms with van der Waals surface area (Å²) in [5.74, 6) is 0.848. The first-order valence-corrected chi connectivity index (χ1v) is 8.04. The van der Waals surface area contributed by atoms with Crippen LogP contribution in [0, 0.1) is 0 Å². The van der Waals surface area contributed by atoms with Crippen molar-refractivity contribution in [1.29, 1.82) is 0 Å². The van der Waals surface area contributed by atoms with Gasteiger partial charge in [0.05, 0.1) is 12.8 Å². The smallest absolute Gasteiger partial charge is 0.128 e. The second-order valence-electron chi connectivity index (χ2n) is 5.78. The molecule has 1 atom stereocenters. The van der Waals surface area contributed by atoms with Crippen LogP contribution in [0.1, 0.15) is 31.4 Å². The Labute approximate surface area is 132 Å². The highest BCUT2D eigenvalue weighted by molar-refractivity contribution is 5.66. The molecule has 0 saturated carbocycles. The molecule has 1 aliphatic rings. The van der Waals surface area contributed by atoms with E-state index in [-0.39, 0.29) is 0 Å². The Bertz CT molecular complexity index is 609. The number of para-hydroxylation sites is 1. The van der Waals surface area contributed by atoms with Gasteiger partial charge in [-0.15, -0.1) is 0 Å². The lowest BCUT2D eigenvalue weighted by atomic mass is 9.99. The molecule has 0 amide bonds. The highest BCUT2D eigenvalue weighted by atomic mass is 16.5. The molecule has 4 heteroatoms. The van der Waals surface area contributed by atoms with Gasteiger partial charge in [-0.3, -0.25) is 0 Å². The van der Waals surface area contributed by atoms with Gasteiger partial charge in [0.2, 0.25) is 0 Å². The van der Waals surface area contributed by atoms with Crippen molar-refractivity contribution in [2.75, 3.05) is 13.7 Å². The molecule has 0 spiro atoms. The van der Waals surface area contributed by atoms with Crippen molar-refractivity contribution < 1.29 is 4.74 Å². The van der Waals surface area contributed by atoms with E-state index in [1.807, 2.05) is 24.3 Å². The number of ether oxygens (including phenoxy) is 1. The van der Waals surface area contributed by atoms with Gasteiger partial charge in [0.1, 0.15) is 12.1 Å². The molecule has 0 bridgehead atoms. The summed E-state index contributed by atoms with van der Waals surface area (Å²) in [6, 6.07) is 10.7. The van der Waals surface area contributed by atoms with Crippen molar-refractivity contribution in [3.8, 4) is 17.0 Å². The maximum Gasteiger partial charge on any atom is 0.128 e. The molecule has 2 aromatic rings. The van der Waals surface area contributed by atoms with Crippen LogP contribution in [-0.4, -0.2) is 29.7 Å². The molecule has 2 heterocycles. The first kappa shape index (κ1) is 15.0. The number of benzene rings is 1. The molecular formula is C18H23N3O. The van der Waals surface area contributed by atoms with Crippen LogP contribution in [0.25, 0.3) is 11.3 Å². The summed E-state index contributed by atoms with van der Waals surface area (Å²) in [6.07, 6.45) is 7.72. The molecule has 1 fully saturated rings. The van der Waals surface area contributed by atoms with Crippen LogP contribution in [0.5, 0.6) is 5.75 Å². The quantitative estimate of drug-likeness (QED) is 0.920. The van der Waals surface area contributed by atoms with Crippen LogP contribution < -0.4 is 10.1 Å². The third kappa shape index (κ3) is 3.63. The Hall–Kier alpha value is -1.94. The standard InChI is InChI=1S/C18H23N3O/c1-22-18-8-3-2-7-16(18)17-12-15(20-13-21-17)10-9-14-6-4-5-11-19-14/h2-3,7-8,12-14,19H,4-6,9-11H2,1H3. The molecule has 1 saturated heterocycles. The molecule has 1 aromatic heterocycles. The van der Waals surface area contributed by atoms with E-state index >= 15 is 0 Å². The molecule has 1 N–H and O–H groups in total. The number of nitrogens with zero attached hydrogens (tertiary/aromatic N) is 2. The number of piperidine rings is 1. The lowest BCUT2D eigenvalue weighted by Gasteiger charge is -2.23. The Morgan fingerprint density at radius 3 is 2.95 bits per heavy atom. The number of rotatable bonds is 5. The van der Waals surface area contributed by atoms with Crippen molar-refractivity contribution in [2.24, 2.45) is 0 Å². The van der Waals surface area contributed by atoms with E-state index < -0.39 is 0 Å². The topological polar surface area (TPSA) is 47.0 Å². The van der Waals surface area contributed by atoms with E-state index in [1.54, 1.807) is 13.4 Å². The highest BCUT2D eigenvalue weighted by Crippen LogP contribution is 2.28. The minimum absolute atomic E-state index is 0.637. The third-order valence-corrected chi connectivity index (χ3v) is 4.27. The summed E-state index contributed by atoms with van der Waals surface area (Å²) in [5, 5.41) is 3.59. The fourth-order valence-electron chi connectivity index (χ4n) is 3.03. The van der Waals surface area contributed by atoms with Crippen LogP contribution in [0.4, 0.5) is 0 Å². The number of nitrogens with one attached hydrogen (secondary N) is 1. The molecule has 116 valence electrons. The van der Waals surface area contributed by atoms with Gasteiger partial charge in [-0.05, 0) is 50.4 Å². The lowest BCUT2D eigenvalue weighted by Crippen LogP contribution is -2.34. The molecule has 4 nitrogen and oxygen atoms in total. The SMILES string of the molecule is COc1ccccc1-c1cc(CCC2CCCCN2)ncn1. The van der Waals surface area contributed by atoms with E-state index in [1.165, 1.54) is 19.3 Å². The Morgan fingerprint density at radius 1 is 1.23 bits per heavy atom. The molecule has 1 unspecified atom stereocenters. The zero-order chi connectivity index (χ0) is 15.2. The Morgan fingerprint density at radius 2 is 2.14 bits per heavy atom. The predicted octanol–water partition coefficient (Wildman–Crippen LogP) is 3.23. The van der Waals surface area contributed by atoms with Crippen LogP contribution >= 0.6 is 0 Å². The number of hydrogen-bond donors (Lipinski definition) is 1. The van der Waals surface area contributed by atoms with Gasteiger partial charge in [-0.2, -0.15) is 0 Å². The molecule has 0 aliphatic carbocycles. The molecule has 0 radical (unpaired) electrons. The summed E-state index contributed by atoms with van der Waals surface area (Å²) < 4.78 is 5.42. The summed E-state index contributed by atoms with van der Waals surface area (Å²) in [6.45, 7) is 1.15.